The van der Waals surface area contributed by atoms with Crippen molar-refractivity contribution in [3.8, 4) is 0 Å². The van der Waals surface area contributed by atoms with Crippen LogP contribution in [0.15, 0.2) is 0 Å². The van der Waals surface area contributed by atoms with E-state index in [0.29, 0.717) is 0 Å². The van der Waals surface area contributed by atoms with Crippen LogP contribution in [-0.2, 0) is 4.74 Å². The Kier molecular flexibility index (Phi) is 1.27. The van der Waals surface area contributed by atoms with Gasteiger partial charge in [-0.05, 0) is 12.8 Å². The summed E-state index contributed by atoms with van der Waals surface area (Å²) in [6.07, 6.45) is 2.70. The molecule has 58 valence electrons. The molecule has 0 aromatic heterocycles. The third-order valence-corrected chi connectivity index (χ3v) is 2.79. The van der Waals surface area contributed by atoms with Gasteiger partial charge < -0.3 is 15.8 Å². The smallest absolute Gasteiger partial charge is 0.0864 e. The summed E-state index contributed by atoms with van der Waals surface area (Å²) < 4.78 is 5.21. The van der Waals surface area contributed by atoms with E-state index in [1.807, 2.05) is 0 Å². The molecule has 3 nitrogen and oxygen atoms in total. The van der Waals surface area contributed by atoms with Crippen molar-refractivity contribution in [1.29, 1.82) is 0 Å². The number of ether oxygens (including phenoxy) is 1. The van der Waals surface area contributed by atoms with E-state index in [1.165, 1.54) is 12.8 Å². The Balaban J connectivity index is 2.05. The second-order valence-corrected chi connectivity index (χ2v) is 3.34. The highest BCUT2D eigenvalue weighted by Crippen LogP contribution is 2.42. The highest BCUT2D eigenvalue weighted by atomic mass is 16.5. The molecule has 0 radical (unpaired) electrons. The standard InChI is InChI=1S/C7H14N2O/c1-10-5-4-9-7(2-3-7)6(5)8/h5-6,9H,2-4,8H2,1H3. The van der Waals surface area contributed by atoms with Gasteiger partial charge in [-0.15, -0.1) is 0 Å². The fraction of sp³-hybridized carbons (Fsp3) is 1.00. The molecule has 0 aromatic carbocycles. The van der Waals surface area contributed by atoms with E-state index in [1.54, 1.807) is 7.11 Å². The van der Waals surface area contributed by atoms with Gasteiger partial charge in [-0.3, -0.25) is 0 Å². The van der Waals surface area contributed by atoms with E-state index in [0.717, 1.165) is 6.54 Å². The zero-order valence-electron chi connectivity index (χ0n) is 6.26. The van der Waals surface area contributed by atoms with Crippen LogP contribution in [0.4, 0.5) is 0 Å². The summed E-state index contributed by atoms with van der Waals surface area (Å²) in [5.74, 6) is 0. The van der Waals surface area contributed by atoms with Gasteiger partial charge in [0.05, 0.1) is 12.1 Å². The average Bonchev–Trinajstić information content (AvgIpc) is 2.63. The summed E-state index contributed by atoms with van der Waals surface area (Å²) in [7, 11) is 1.73. The largest absolute Gasteiger partial charge is 0.378 e. The average molecular weight is 142 g/mol. The van der Waals surface area contributed by atoms with E-state index < -0.39 is 0 Å². The predicted octanol–water partition coefficient (Wildman–Crippen LogP) is -0.535. The molecule has 1 saturated heterocycles. The van der Waals surface area contributed by atoms with Gasteiger partial charge >= 0.3 is 0 Å². The number of nitrogens with two attached hydrogens (primary N) is 1. The molecule has 3 heteroatoms. The van der Waals surface area contributed by atoms with Gasteiger partial charge in [-0.1, -0.05) is 0 Å². The van der Waals surface area contributed by atoms with Crippen LogP contribution in [0, 0.1) is 0 Å². The summed E-state index contributed by atoms with van der Waals surface area (Å²) >= 11 is 0. The van der Waals surface area contributed by atoms with Crippen molar-refractivity contribution in [2.24, 2.45) is 5.73 Å². The zero-order valence-corrected chi connectivity index (χ0v) is 6.26. The minimum Gasteiger partial charge on any atom is -0.378 e. The van der Waals surface area contributed by atoms with Gasteiger partial charge in [0.15, 0.2) is 0 Å². The third-order valence-electron chi connectivity index (χ3n) is 2.79. The Morgan fingerprint density at radius 1 is 1.60 bits per heavy atom. The molecule has 2 unspecified atom stereocenters. The molecule has 1 saturated carbocycles. The van der Waals surface area contributed by atoms with Crippen LogP contribution in [0.2, 0.25) is 0 Å². The highest BCUT2D eigenvalue weighted by molar-refractivity contribution is 5.16. The lowest BCUT2D eigenvalue weighted by Gasteiger charge is -2.16. The van der Waals surface area contributed by atoms with Crippen LogP contribution in [0.5, 0.6) is 0 Å². The first-order valence-electron chi connectivity index (χ1n) is 3.82. The molecular formula is C7H14N2O. The minimum atomic E-state index is 0.220. The summed E-state index contributed by atoms with van der Waals surface area (Å²) in [6.45, 7) is 0.928. The van der Waals surface area contributed by atoms with Gasteiger partial charge in [0.25, 0.3) is 0 Å². The van der Waals surface area contributed by atoms with Crippen LogP contribution in [-0.4, -0.2) is 31.3 Å². The van der Waals surface area contributed by atoms with Crippen molar-refractivity contribution in [2.45, 2.75) is 30.5 Å². The first-order valence-corrected chi connectivity index (χ1v) is 3.82. The third kappa shape index (κ3) is 0.713. The fourth-order valence-corrected chi connectivity index (χ4v) is 1.78. The Morgan fingerprint density at radius 2 is 2.30 bits per heavy atom. The van der Waals surface area contributed by atoms with Gasteiger partial charge in [0.1, 0.15) is 0 Å². The van der Waals surface area contributed by atoms with E-state index in [4.69, 9.17) is 10.5 Å². The Labute approximate surface area is 60.9 Å². The molecule has 0 amide bonds. The molecule has 1 spiro atoms. The van der Waals surface area contributed by atoms with Gasteiger partial charge in [-0.25, -0.2) is 0 Å². The first-order chi connectivity index (χ1) is 4.78. The van der Waals surface area contributed by atoms with Crippen molar-refractivity contribution < 1.29 is 4.74 Å². The number of hydrogen-bond acceptors (Lipinski definition) is 3. The summed E-state index contributed by atoms with van der Waals surface area (Å²) in [5.41, 5.74) is 6.22. The lowest BCUT2D eigenvalue weighted by Crippen LogP contribution is -2.43. The molecule has 10 heavy (non-hydrogen) atoms. The summed E-state index contributed by atoms with van der Waals surface area (Å²) in [5, 5.41) is 3.41. The second kappa shape index (κ2) is 1.94. The zero-order chi connectivity index (χ0) is 7.19. The van der Waals surface area contributed by atoms with Gasteiger partial charge in [0, 0.05) is 19.2 Å². The van der Waals surface area contributed by atoms with Crippen molar-refractivity contribution in [2.75, 3.05) is 13.7 Å². The molecule has 2 fully saturated rings. The molecule has 1 heterocycles. The van der Waals surface area contributed by atoms with E-state index in [-0.39, 0.29) is 17.7 Å². The Bertz CT molecular complexity index is 145. The van der Waals surface area contributed by atoms with E-state index in [2.05, 4.69) is 5.32 Å². The normalized spacial score (nSPS) is 42.6. The van der Waals surface area contributed by atoms with Crippen molar-refractivity contribution in [1.82, 2.24) is 5.32 Å². The number of nitrogens with one attached hydrogen (secondary N) is 1. The molecule has 1 aliphatic heterocycles. The molecule has 2 rings (SSSR count). The monoisotopic (exact) mass is 142 g/mol. The van der Waals surface area contributed by atoms with Crippen molar-refractivity contribution in [3.05, 3.63) is 0 Å². The van der Waals surface area contributed by atoms with Crippen LogP contribution >= 0.6 is 0 Å². The number of rotatable bonds is 1. The van der Waals surface area contributed by atoms with Crippen molar-refractivity contribution >= 4 is 0 Å². The van der Waals surface area contributed by atoms with E-state index in [9.17, 15) is 0 Å². The SMILES string of the molecule is COC1CNC2(CC2)C1N. The first kappa shape index (κ1) is 6.58. The van der Waals surface area contributed by atoms with Crippen LogP contribution in [0.3, 0.4) is 0 Å². The lowest BCUT2D eigenvalue weighted by molar-refractivity contribution is 0.102. The van der Waals surface area contributed by atoms with Crippen LogP contribution in [0.1, 0.15) is 12.8 Å². The number of methoxy groups -OCH3 is 1. The van der Waals surface area contributed by atoms with E-state index >= 15 is 0 Å². The maximum atomic E-state index is 5.94. The Hall–Kier alpha value is -0.120. The van der Waals surface area contributed by atoms with Crippen molar-refractivity contribution in [3.63, 3.8) is 0 Å². The topological polar surface area (TPSA) is 47.3 Å². The highest BCUT2D eigenvalue weighted by Gasteiger charge is 2.54. The molecule has 0 bridgehead atoms. The summed E-state index contributed by atoms with van der Waals surface area (Å²) in [4.78, 5) is 0. The molecule has 0 aromatic rings. The second-order valence-electron chi connectivity index (χ2n) is 3.34. The van der Waals surface area contributed by atoms with Crippen LogP contribution in [0.25, 0.3) is 0 Å². The summed E-state index contributed by atoms with van der Waals surface area (Å²) in [6, 6.07) is 0.220. The minimum absolute atomic E-state index is 0.220. The van der Waals surface area contributed by atoms with Gasteiger partial charge in [-0.2, -0.15) is 0 Å². The molecule has 2 aliphatic rings. The Morgan fingerprint density at radius 3 is 2.60 bits per heavy atom. The number of hydrogen-bond donors (Lipinski definition) is 2. The quantitative estimate of drug-likeness (QED) is 0.517. The molecule has 3 N–H and O–H groups in total. The fourth-order valence-electron chi connectivity index (χ4n) is 1.78. The molecule has 2 atom stereocenters. The maximum Gasteiger partial charge on any atom is 0.0864 e. The molecule has 1 aliphatic carbocycles. The molecular weight excluding hydrogens is 128 g/mol. The van der Waals surface area contributed by atoms with Crippen LogP contribution < -0.4 is 11.1 Å². The van der Waals surface area contributed by atoms with Gasteiger partial charge in [0.2, 0.25) is 0 Å². The lowest BCUT2D eigenvalue weighted by atomic mass is 10.1. The predicted molar refractivity (Wildman–Crippen MR) is 38.7 cm³/mol. The maximum absolute atomic E-state index is 5.94.